The second kappa shape index (κ2) is 3.12. The third-order valence-corrected chi connectivity index (χ3v) is 1.06. The van der Waals surface area contributed by atoms with Gasteiger partial charge in [-0.15, -0.1) is 0 Å². The van der Waals surface area contributed by atoms with Crippen LogP contribution in [0.2, 0.25) is 0 Å². The van der Waals surface area contributed by atoms with Gasteiger partial charge in [0.15, 0.2) is 5.78 Å². The Bertz CT molecular complexity index is 206. The Labute approximate surface area is 58.0 Å². The van der Waals surface area contributed by atoms with E-state index in [0.717, 1.165) is 0 Å². The van der Waals surface area contributed by atoms with E-state index in [1.54, 1.807) is 0 Å². The Balaban J connectivity index is 2.48. The molecule has 0 aliphatic heterocycles. The third-order valence-electron chi connectivity index (χ3n) is 1.06. The maximum absolute atomic E-state index is 10.7. The van der Waals surface area contributed by atoms with Crippen LogP contribution in [-0.2, 0) is 11.2 Å². The monoisotopic (exact) mass is 140 g/mol. The van der Waals surface area contributed by atoms with Crippen molar-refractivity contribution in [1.82, 2.24) is 4.98 Å². The highest BCUT2D eigenvalue weighted by atomic mass is 16.3. The van der Waals surface area contributed by atoms with Crippen molar-refractivity contribution in [3.63, 3.8) is 0 Å². The maximum Gasteiger partial charge on any atom is 0.201 e. The van der Waals surface area contributed by atoms with Gasteiger partial charge in [0.1, 0.15) is 6.26 Å². The predicted molar refractivity (Wildman–Crippen MR) is 34.3 cm³/mol. The number of aromatic nitrogens is 1. The number of ketones is 1. The molecule has 0 unspecified atom stereocenters. The van der Waals surface area contributed by atoms with Crippen LogP contribution in [0.3, 0.4) is 0 Å². The lowest BCUT2D eigenvalue weighted by Crippen LogP contribution is -2.15. The standard InChI is InChI=1S/C6H8N2O2/c7-4-5(9)3-6-8-1-2-10-6/h1-2H,3-4,7H2. The first-order chi connectivity index (χ1) is 4.83. The molecule has 54 valence electrons. The molecular formula is C6H8N2O2. The molecule has 0 bridgehead atoms. The van der Waals surface area contributed by atoms with E-state index >= 15 is 0 Å². The van der Waals surface area contributed by atoms with Crippen LogP contribution in [0.5, 0.6) is 0 Å². The zero-order chi connectivity index (χ0) is 7.40. The Morgan fingerprint density at radius 2 is 2.60 bits per heavy atom. The van der Waals surface area contributed by atoms with Gasteiger partial charge in [0.05, 0.1) is 19.2 Å². The molecule has 1 rings (SSSR count). The minimum atomic E-state index is -0.0672. The van der Waals surface area contributed by atoms with Crippen LogP contribution in [0.25, 0.3) is 0 Å². The Kier molecular flexibility index (Phi) is 2.17. The number of oxazole rings is 1. The first-order valence-electron chi connectivity index (χ1n) is 2.93. The van der Waals surface area contributed by atoms with Crippen LogP contribution in [0.15, 0.2) is 16.9 Å². The molecule has 2 N–H and O–H groups in total. The molecule has 0 amide bonds. The molecule has 4 heteroatoms. The highest BCUT2D eigenvalue weighted by Gasteiger charge is 2.03. The summed E-state index contributed by atoms with van der Waals surface area (Å²) in [6, 6.07) is 0. The molecule has 10 heavy (non-hydrogen) atoms. The lowest BCUT2D eigenvalue weighted by Gasteiger charge is -1.89. The van der Waals surface area contributed by atoms with Crippen molar-refractivity contribution in [3.05, 3.63) is 18.4 Å². The van der Waals surface area contributed by atoms with Gasteiger partial charge in [0.25, 0.3) is 0 Å². The molecule has 4 nitrogen and oxygen atoms in total. The molecule has 0 radical (unpaired) electrons. The third kappa shape index (κ3) is 1.66. The van der Waals surface area contributed by atoms with Crippen molar-refractivity contribution in [1.29, 1.82) is 0 Å². The number of nitrogens with two attached hydrogens (primary N) is 1. The smallest absolute Gasteiger partial charge is 0.201 e. The van der Waals surface area contributed by atoms with E-state index in [0.29, 0.717) is 5.89 Å². The van der Waals surface area contributed by atoms with Gasteiger partial charge in [-0.2, -0.15) is 0 Å². The van der Waals surface area contributed by atoms with Crippen LogP contribution >= 0.6 is 0 Å². The van der Waals surface area contributed by atoms with Gasteiger partial charge in [-0.25, -0.2) is 4.98 Å². The summed E-state index contributed by atoms with van der Waals surface area (Å²) in [5.41, 5.74) is 5.07. The van der Waals surface area contributed by atoms with E-state index in [4.69, 9.17) is 10.2 Å². The highest BCUT2D eigenvalue weighted by Crippen LogP contribution is 1.94. The molecule has 1 aromatic rings. The first kappa shape index (κ1) is 6.95. The fourth-order valence-corrected chi connectivity index (χ4v) is 0.581. The van der Waals surface area contributed by atoms with E-state index < -0.39 is 0 Å². The van der Waals surface area contributed by atoms with Gasteiger partial charge >= 0.3 is 0 Å². The second-order valence-corrected chi connectivity index (χ2v) is 1.85. The average molecular weight is 140 g/mol. The number of rotatable bonds is 3. The van der Waals surface area contributed by atoms with E-state index in [-0.39, 0.29) is 18.7 Å². The van der Waals surface area contributed by atoms with Crippen molar-refractivity contribution < 1.29 is 9.21 Å². The zero-order valence-corrected chi connectivity index (χ0v) is 5.41. The molecule has 1 aromatic heterocycles. The number of hydrogen-bond acceptors (Lipinski definition) is 4. The summed E-state index contributed by atoms with van der Waals surface area (Å²) < 4.78 is 4.82. The summed E-state index contributed by atoms with van der Waals surface area (Å²) in [7, 11) is 0. The summed E-state index contributed by atoms with van der Waals surface area (Å²) >= 11 is 0. The fourth-order valence-electron chi connectivity index (χ4n) is 0.581. The molecule has 0 fully saturated rings. The Morgan fingerprint density at radius 1 is 1.80 bits per heavy atom. The number of nitrogens with zero attached hydrogens (tertiary/aromatic N) is 1. The summed E-state index contributed by atoms with van der Waals surface area (Å²) in [4.78, 5) is 14.4. The summed E-state index contributed by atoms with van der Waals surface area (Å²) in [6.07, 6.45) is 3.13. The van der Waals surface area contributed by atoms with E-state index in [9.17, 15) is 4.79 Å². The predicted octanol–water partition coefficient (Wildman–Crippen LogP) is -0.255. The number of hydrogen-bond donors (Lipinski definition) is 1. The average Bonchev–Trinajstić information content (AvgIpc) is 2.40. The molecule has 1 heterocycles. The van der Waals surface area contributed by atoms with Gasteiger partial charge < -0.3 is 10.2 Å². The summed E-state index contributed by atoms with van der Waals surface area (Å²) in [5.74, 6) is 0.359. The lowest BCUT2D eigenvalue weighted by molar-refractivity contribution is -0.117. The van der Waals surface area contributed by atoms with E-state index in [1.165, 1.54) is 12.5 Å². The Hall–Kier alpha value is -1.16. The summed E-state index contributed by atoms with van der Waals surface area (Å²) in [5, 5.41) is 0. The van der Waals surface area contributed by atoms with Crippen molar-refractivity contribution in [2.45, 2.75) is 6.42 Å². The van der Waals surface area contributed by atoms with Crippen molar-refractivity contribution in [3.8, 4) is 0 Å². The van der Waals surface area contributed by atoms with Crippen molar-refractivity contribution >= 4 is 5.78 Å². The number of carbonyl (C=O) groups excluding carboxylic acids is 1. The normalized spacial score (nSPS) is 9.70. The van der Waals surface area contributed by atoms with Crippen molar-refractivity contribution in [2.75, 3.05) is 6.54 Å². The SMILES string of the molecule is NCC(=O)Cc1ncco1. The molecule has 0 spiro atoms. The number of carbonyl (C=O) groups is 1. The summed E-state index contributed by atoms with van der Waals surface area (Å²) in [6.45, 7) is 0.0440. The van der Waals surface area contributed by atoms with Gasteiger partial charge in [-0.05, 0) is 0 Å². The van der Waals surface area contributed by atoms with Crippen LogP contribution in [0.1, 0.15) is 5.89 Å². The lowest BCUT2D eigenvalue weighted by atomic mass is 10.3. The van der Waals surface area contributed by atoms with Crippen LogP contribution in [-0.4, -0.2) is 17.3 Å². The van der Waals surface area contributed by atoms with Crippen LogP contribution in [0.4, 0.5) is 0 Å². The van der Waals surface area contributed by atoms with E-state index in [1.807, 2.05) is 0 Å². The minimum absolute atomic E-state index is 0.0440. The number of Topliss-reactive ketones (excluding diaryl/α,β-unsaturated/α-hetero) is 1. The molecular weight excluding hydrogens is 132 g/mol. The molecule has 0 saturated carbocycles. The van der Waals surface area contributed by atoms with Gasteiger partial charge in [-0.3, -0.25) is 4.79 Å². The fraction of sp³-hybridized carbons (Fsp3) is 0.333. The zero-order valence-electron chi connectivity index (χ0n) is 5.41. The molecule has 0 aromatic carbocycles. The largest absolute Gasteiger partial charge is 0.449 e. The van der Waals surface area contributed by atoms with Crippen LogP contribution < -0.4 is 5.73 Å². The maximum atomic E-state index is 10.7. The molecule has 0 atom stereocenters. The minimum Gasteiger partial charge on any atom is -0.449 e. The van der Waals surface area contributed by atoms with Crippen LogP contribution in [0, 0.1) is 0 Å². The van der Waals surface area contributed by atoms with E-state index in [2.05, 4.69) is 4.98 Å². The van der Waals surface area contributed by atoms with Gasteiger partial charge in [0, 0.05) is 0 Å². The molecule has 0 saturated heterocycles. The Morgan fingerprint density at radius 3 is 3.10 bits per heavy atom. The molecule has 0 aliphatic carbocycles. The molecule has 0 aliphatic rings. The quantitative estimate of drug-likeness (QED) is 0.628. The van der Waals surface area contributed by atoms with Gasteiger partial charge in [0.2, 0.25) is 5.89 Å². The highest BCUT2D eigenvalue weighted by molar-refractivity contribution is 5.81. The van der Waals surface area contributed by atoms with Crippen molar-refractivity contribution in [2.24, 2.45) is 5.73 Å². The topological polar surface area (TPSA) is 69.1 Å². The second-order valence-electron chi connectivity index (χ2n) is 1.85. The van der Waals surface area contributed by atoms with Gasteiger partial charge in [-0.1, -0.05) is 0 Å². The first-order valence-corrected chi connectivity index (χ1v) is 2.93.